The molecule has 178 valence electrons. The highest BCUT2D eigenvalue weighted by molar-refractivity contribution is 14.0. The molecule has 1 atom stereocenters. The molecule has 31 heavy (non-hydrogen) atoms. The molecule has 1 aliphatic heterocycles. The first-order chi connectivity index (χ1) is 14.6. The summed E-state index contributed by atoms with van der Waals surface area (Å²) in [6, 6.07) is 6.17. The van der Waals surface area contributed by atoms with Gasteiger partial charge in [0.25, 0.3) is 0 Å². The molecule has 0 saturated carbocycles. The van der Waals surface area contributed by atoms with Crippen LogP contribution in [0.1, 0.15) is 58.6 Å². The standard InChI is InChI=1S/C23H40N4O3.HI/c1-5-24-23(25-13-8-14-27-15-11-20(28)12-16-27)26-18(4)19-9-10-21(29-6-2)22(17-19)30-7-3;/h9-10,17-18,20,28H,5-8,11-16H2,1-4H3,(H2,24,25,26);1H. The van der Waals surface area contributed by atoms with Crippen molar-refractivity contribution in [2.24, 2.45) is 4.99 Å². The van der Waals surface area contributed by atoms with Gasteiger partial charge < -0.3 is 30.1 Å². The molecule has 7 nitrogen and oxygen atoms in total. The molecule has 1 saturated heterocycles. The fraction of sp³-hybridized carbons (Fsp3) is 0.696. The van der Waals surface area contributed by atoms with E-state index in [0.717, 1.165) is 75.0 Å². The number of ether oxygens (including phenoxy) is 2. The van der Waals surface area contributed by atoms with E-state index >= 15 is 0 Å². The Morgan fingerprint density at radius 1 is 1.16 bits per heavy atom. The van der Waals surface area contributed by atoms with Crippen molar-refractivity contribution in [3.63, 3.8) is 0 Å². The topological polar surface area (TPSA) is 78.4 Å². The van der Waals surface area contributed by atoms with E-state index in [4.69, 9.17) is 14.5 Å². The lowest BCUT2D eigenvalue weighted by Crippen LogP contribution is -2.39. The van der Waals surface area contributed by atoms with Gasteiger partial charge >= 0.3 is 0 Å². The van der Waals surface area contributed by atoms with E-state index in [1.165, 1.54) is 0 Å². The van der Waals surface area contributed by atoms with Crippen LogP contribution in [-0.2, 0) is 0 Å². The zero-order valence-corrected chi connectivity index (χ0v) is 21.9. The van der Waals surface area contributed by atoms with Gasteiger partial charge in [0.2, 0.25) is 0 Å². The molecule has 0 amide bonds. The van der Waals surface area contributed by atoms with Crippen LogP contribution in [0.25, 0.3) is 0 Å². The fourth-order valence-electron chi connectivity index (χ4n) is 3.57. The molecule has 0 spiro atoms. The molecular weight excluding hydrogens is 507 g/mol. The number of likely N-dealkylation sites (tertiary alicyclic amines) is 1. The van der Waals surface area contributed by atoms with Crippen LogP contribution >= 0.6 is 24.0 Å². The first-order valence-electron chi connectivity index (χ1n) is 11.4. The molecule has 8 heteroatoms. The van der Waals surface area contributed by atoms with Crippen LogP contribution < -0.4 is 20.1 Å². The van der Waals surface area contributed by atoms with E-state index in [2.05, 4.69) is 35.4 Å². The minimum Gasteiger partial charge on any atom is -0.490 e. The van der Waals surface area contributed by atoms with Gasteiger partial charge in [-0.3, -0.25) is 4.99 Å². The summed E-state index contributed by atoms with van der Waals surface area (Å²) >= 11 is 0. The Labute approximate surface area is 205 Å². The third kappa shape index (κ3) is 9.82. The Balaban J connectivity index is 0.00000480. The maximum Gasteiger partial charge on any atom is 0.191 e. The molecule has 0 aromatic heterocycles. The Kier molecular flexibility index (Phi) is 13.9. The Morgan fingerprint density at radius 3 is 2.48 bits per heavy atom. The fourth-order valence-corrected chi connectivity index (χ4v) is 3.57. The highest BCUT2D eigenvalue weighted by Crippen LogP contribution is 2.30. The van der Waals surface area contributed by atoms with Gasteiger partial charge in [-0.05, 0) is 71.2 Å². The monoisotopic (exact) mass is 548 g/mol. The molecule has 1 aromatic rings. The molecule has 1 aliphatic rings. The van der Waals surface area contributed by atoms with E-state index in [0.29, 0.717) is 13.2 Å². The molecular formula is C23H41IN4O3. The number of piperidine rings is 1. The van der Waals surface area contributed by atoms with E-state index in [1.807, 2.05) is 26.0 Å². The number of guanidine groups is 1. The van der Waals surface area contributed by atoms with E-state index < -0.39 is 0 Å². The summed E-state index contributed by atoms with van der Waals surface area (Å²) < 4.78 is 11.4. The number of hydrogen-bond acceptors (Lipinski definition) is 5. The lowest BCUT2D eigenvalue weighted by atomic mass is 10.1. The number of aliphatic hydroxyl groups is 1. The summed E-state index contributed by atoms with van der Waals surface area (Å²) in [6.07, 6.45) is 2.67. The van der Waals surface area contributed by atoms with Crippen molar-refractivity contribution in [1.29, 1.82) is 0 Å². The van der Waals surface area contributed by atoms with Crippen LogP contribution in [-0.4, -0.2) is 68.0 Å². The number of aliphatic hydroxyl groups excluding tert-OH is 1. The summed E-state index contributed by atoms with van der Waals surface area (Å²) in [5.74, 6) is 2.38. The van der Waals surface area contributed by atoms with Crippen molar-refractivity contribution in [1.82, 2.24) is 15.5 Å². The zero-order valence-electron chi connectivity index (χ0n) is 19.5. The minimum atomic E-state index is -0.115. The number of benzene rings is 1. The second-order valence-corrected chi connectivity index (χ2v) is 7.63. The van der Waals surface area contributed by atoms with Gasteiger partial charge in [-0.1, -0.05) is 6.07 Å². The molecule has 3 N–H and O–H groups in total. The third-order valence-corrected chi connectivity index (χ3v) is 5.22. The van der Waals surface area contributed by atoms with E-state index in [-0.39, 0.29) is 36.1 Å². The number of nitrogens with zero attached hydrogens (tertiary/aromatic N) is 2. The first-order valence-corrected chi connectivity index (χ1v) is 11.4. The van der Waals surface area contributed by atoms with Crippen molar-refractivity contribution in [2.75, 3.05) is 45.9 Å². The first kappa shape index (κ1) is 27.8. The summed E-state index contributed by atoms with van der Waals surface area (Å²) in [5, 5.41) is 16.4. The molecule has 1 unspecified atom stereocenters. The Morgan fingerprint density at radius 2 is 1.84 bits per heavy atom. The predicted octanol–water partition coefficient (Wildman–Crippen LogP) is 3.56. The van der Waals surface area contributed by atoms with Crippen LogP contribution in [0.2, 0.25) is 0 Å². The van der Waals surface area contributed by atoms with Gasteiger partial charge in [0, 0.05) is 26.2 Å². The number of halogens is 1. The average Bonchev–Trinajstić information content (AvgIpc) is 2.74. The third-order valence-electron chi connectivity index (χ3n) is 5.22. The van der Waals surface area contributed by atoms with Crippen molar-refractivity contribution >= 4 is 29.9 Å². The lowest BCUT2D eigenvalue weighted by Gasteiger charge is -2.29. The van der Waals surface area contributed by atoms with Crippen molar-refractivity contribution in [2.45, 2.75) is 59.1 Å². The SMILES string of the molecule is CCNC(=NCCCN1CCC(O)CC1)NC(C)c1ccc(OCC)c(OCC)c1.I. The van der Waals surface area contributed by atoms with E-state index in [1.54, 1.807) is 0 Å². The Hall–Kier alpha value is -1.26. The van der Waals surface area contributed by atoms with Gasteiger partial charge in [-0.25, -0.2) is 0 Å². The van der Waals surface area contributed by atoms with Gasteiger partial charge in [0.05, 0.1) is 25.4 Å². The summed E-state index contributed by atoms with van der Waals surface area (Å²) in [7, 11) is 0. The number of rotatable bonds is 11. The van der Waals surface area contributed by atoms with Crippen molar-refractivity contribution in [3.8, 4) is 11.5 Å². The van der Waals surface area contributed by atoms with Gasteiger partial charge in [-0.15, -0.1) is 24.0 Å². The molecule has 1 heterocycles. The largest absolute Gasteiger partial charge is 0.490 e. The van der Waals surface area contributed by atoms with Crippen molar-refractivity contribution < 1.29 is 14.6 Å². The van der Waals surface area contributed by atoms with Gasteiger partial charge in [-0.2, -0.15) is 0 Å². The van der Waals surface area contributed by atoms with Crippen LogP contribution in [0.5, 0.6) is 11.5 Å². The molecule has 1 fully saturated rings. The van der Waals surface area contributed by atoms with Crippen LogP contribution in [0.3, 0.4) is 0 Å². The molecule has 2 rings (SSSR count). The second-order valence-electron chi connectivity index (χ2n) is 7.63. The van der Waals surface area contributed by atoms with Gasteiger partial charge in [0.15, 0.2) is 17.5 Å². The lowest BCUT2D eigenvalue weighted by molar-refractivity contribution is 0.0824. The highest BCUT2D eigenvalue weighted by atomic mass is 127. The maximum absolute atomic E-state index is 9.62. The smallest absolute Gasteiger partial charge is 0.191 e. The summed E-state index contributed by atoms with van der Waals surface area (Å²) in [5.41, 5.74) is 1.12. The normalized spacial score (nSPS) is 16.4. The Bertz CT molecular complexity index is 652. The van der Waals surface area contributed by atoms with Crippen LogP contribution in [0.15, 0.2) is 23.2 Å². The number of nitrogens with one attached hydrogen (secondary N) is 2. The molecule has 0 aliphatic carbocycles. The van der Waals surface area contributed by atoms with Crippen LogP contribution in [0.4, 0.5) is 0 Å². The maximum atomic E-state index is 9.62. The highest BCUT2D eigenvalue weighted by Gasteiger charge is 2.16. The average molecular weight is 549 g/mol. The molecule has 0 bridgehead atoms. The summed E-state index contributed by atoms with van der Waals surface area (Å²) in [6.45, 7) is 14.0. The predicted molar refractivity (Wildman–Crippen MR) is 138 cm³/mol. The van der Waals surface area contributed by atoms with E-state index in [9.17, 15) is 5.11 Å². The quantitative estimate of drug-likeness (QED) is 0.170. The number of hydrogen-bond donors (Lipinski definition) is 3. The van der Waals surface area contributed by atoms with Crippen LogP contribution in [0, 0.1) is 0 Å². The minimum absolute atomic E-state index is 0. The van der Waals surface area contributed by atoms with Crippen molar-refractivity contribution in [3.05, 3.63) is 23.8 Å². The second kappa shape index (κ2) is 15.5. The molecule has 0 radical (unpaired) electrons. The number of aliphatic imine (C=N–C) groups is 1. The molecule has 1 aromatic carbocycles. The zero-order chi connectivity index (χ0) is 21.8. The van der Waals surface area contributed by atoms with Gasteiger partial charge in [0.1, 0.15) is 0 Å². The summed E-state index contributed by atoms with van der Waals surface area (Å²) in [4.78, 5) is 7.16.